The molecule has 1 aliphatic heterocycles. The molecule has 0 bridgehead atoms. The molecule has 0 amide bonds. The van der Waals surface area contributed by atoms with E-state index in [1.54, 1.807) is 0 Å². The average Bonchev–Trinajstić information content (AvgIpc) is 2.72. The van der Waals surface area contributed by atoms with Crippen LogP contribution in [0.15, 0.2) is 28.1 Å². The van der Waals surface area contributed by atoms with Gasteiger partial charge in [-0.1, -0.05) is 19.8 Å². The number of nitrogens with zero attached hydrogens (tertiary/aromatic N) is 2. The van der Waals surface area contributed by atoms with Crippen LogP contribution in [0.5, 0.6) is 0 Å². The molecule has 7 nitrogen and oxygen atoms in total. The average molecular weight is 323 g/mol. The van der Waals surface area contributed by atoms with E-state index in [1.807, 2.05) is 0 Å². The number of non-ortho nitro benzene ring substituents is 1. The number of aliphatic imine (C=N–C) groups is 1. The van der Waals surface area contributed by atoms with Gasteiger partial charge in [0.25, 0.3) is 15.7 Å². The summed E-state index contributed by atoms with van der Waals surface area (Å²) in [4.78, 5) is 14.7. The van der Waals surface area contributed by atoms with Crippen molar-refractivity contribution >= 4 is 21.5 Å². The van der Waals surface area contributed by atoms with Gasteiger partial charge in [-0.25, -0.2) is 8.42 Å². The Morgan fingerprint density at radius 2 is 2.05 bits per heavy atom. The van der Waals surface area contributed by atoms with Crippen LogP contribution in [0.1, 0.15) is 38.2 Å². The first-order valence-corrected chi connectivity index (χ1v) is 8.76. The van der Waals surface area contributed by atoms with Crippen LogP contribution in [0.25, 0.3) is 0 Å². The standard InChI is InChI=1S/C14H17N3O4S/c1-9-4-2-3-5-12(9)15-14-11-7-6-10(17(18)19)8-13(11)22(20,21)16-14/h6-9,12H,2-5H2,1H3,(H,15,16). The monoisotopic (exact) mass is 323 g/mol. The molecule has 118 valence electrons. The third kappa shape index (κ3) is 2.58. The normalized spacial score (nSPS) is 28.1. The lowest BCUT2D eigenvalue weighted by atomic mass is 9.86. The van der Waals surface area contributed by atoms with E-state index >= 15 is 0 Å². The first-order chi connectivity index (χ1) is 10.4. The minimum Gasteiger partial charge on any atom is -0.264 e. The van der Waals surface area contributed by atoms with Crippen LogP contribution in [0.3, 0.4) is 0 Å². The number of hydrogen-bond donors (Lipinski definition) is 1. The van der Waals surface area contributed by atoms with E-state index in [4.69, 9.17) is 0 Å². The lowest BCUT2D eigenvalue weighted by molar-refractivity contribution is -0.385. The van der Waals surface area contributed by atoms with Gasteiger partial charge in [0.2, 0.25) is 0 Å². The van der Waals surface area contributed by atoms with Gasteiger partial charge in [0.1, 0.15) is 10.7 Å². The Kier molecular flexibility index (Phi) is 3.64. The quantitative estimate of drug-likeness (QED) is 0.666. The molecule has 2 atom stereocenters. The van der Waals surface area contributed by atoms with E-state index in [1.165, 1.54) is 18.6 Å². The van der Waals surface area contributed by atoms with Crippen molar-refractivity contribution in [3.05, 3.63) is 33.9 Å². The van der Waals surface area contributed by atoms with Crippen molar-refractivity contribution in [2.45, 2.75) is 43.5 Å². The number of rotatable bonds is 2. The van der Waals surface area contributed by atoms with Crippen molar-refractivity contribution < 1.29 is 13.3 Å². The number of fused-ring (bicyclic) bond motifs is 1. The Bertz CT molecular complexity index is 757. The Hall–Kier alpha value is -1.96. The summed E-state index contributed by atoms with van der Waals surface area (Å²) in [6.45, 7) is 2.12. The summed E-state index contributed by atoms with van der Waals surface area (Å²) in [6, 6.07) is 3.94. The molecule has 2 aliphatic rings. The summed E-state index contributed by atoms with van der Waals surface area (Å²) in [5, 5.41) is 10.8. The highest BCUT2D eigenvalue weighted by Crippen LogP contribution is 2.30. The number of sulfonamides is 1. The summed E-state index contributed by atoms with van der Waals surface area (Å²) in [6.07, 6.45) is 4.29. The molecule has 0 radical (unpaired) electrons. The van der Waals surface area contributed by atoms with Gasteiger partial charge < -0.3 is 0 Å². The summed E-state index contributed by atoms with van der Waals surface area (Å²) in [5.74, 6) is 0.719. The molecule has 3 rings (SSSR count). The number of nitro groups is 1. The molecule has 1 heterocycles. The van der Waals surface area contributed by atoms with Crippen molar-refractivity contribution in [3.63, 3.8) is 0 Å². The van der Waals surface area contributed by atoms with Gasteiger partial charge in [0.05, 0.1) is 11.0 Å². The van der Waals surface area contributed by atoms with Crippen molar-refractivity contribution in [1.82, 2.24) is 4.72 Å². The highest BCUT2D eigenvalue weighted by atomic mass is 32.2. The van der Waals surface area contributed by atoms with Crippen LogP contribution in [0, 0.1) is 16.0 Å². The molecule has 1 saturated carbocycles. The van der Waals surface area contributed by atoms with Crippen molar-refractivity contribution in [2.24, 2.45) is 10.9 Å². The summed E-state index contributed by atoms with van der Waals surface area (Å²) in [5.41, 5.74) is 0.180. The lowest BCUT2D eigenvalue weighted by Crippen LogP contribution is -2.27. The van der Waals surface area contributed by atoms with E-state index in [9.17, 15) is 18.5 Å². The summed E-state index contributed by atoms with van der Waals surface area (Å²) >= 11 is 0. The number of amidine groups is 1. The number of nitrogens with one attached hydrogen (secondary N) is 1. The zero-order valence-electron chi connectivity index (χ0n) is 12.2. The first-order valence-electron chi connectivity index (χ1n) is 7.28. The highest BCUT2D eigenvalue weighted by Gasteiger charge is 2.34. The molecule has 8 heteroatoms. The molecular formula is C14H17N3O4S. The summed E-state index contributed by atoms with van der Waals surface area (Å²) < 4.78 is 26.7. The van der Waals surface area contributed by atoms with E-state index in [-0.39, 0.29) is 16.6 Å². The second kappa shape index (κ2) is 5.35. The maximum atomic E-state index is 12.1. The molecular weight excluding hydrogens is 306 g/mol. The van der Waals surface area contributed by atoms with E-state index in [0.717, 1.165) is 25.3 Å². The van der Waals surface area contributed by atoms with E-state index < -0.39 is 14.9 Å². The van der Waals surface area contributed by atoms with Gasteiger partial charge in [0, 0.05) is 17.7 Å². The smallest absolute Gasteiger partial charge is 0.264 e. The maximum absolute atomic E-state index is 12.1. The van der Waals surface area contributed by atoms with Gasteiger partial charge in [0.15, 0.2) is 0 Å². The fourth-order valence-electron chi connectivity index (χ4n) is 3.03. The maximum Gasteiger partial charge on any atom is 0.270 e. The Morgan fingerprint density at radius 1 is 1.32 bits per heavy atom. The molecule has 1 aromatic carbocycles. The third-order valence-corrected chi connectivity index (χ3v) is 5.69. The molecule has 0 aromatic heterocycles. The van der Waals surface area contributed by atoms with Gasteiger partial charge in [-0.2, -0.15) is 0 Å². The fraction of sp³-hybridized carbons (Fsp3) is 0.500. The van der Waals surface area contributed by atoms with Crippen molar-refractivity contribution in [1.29, 1.82) is 0 Å². The van der Waals surface area contributed by atoms with Crippen LogP contribution < -0.4 is 4.72 Å². The Morgan fingerprint density at radius 3 is 2.73 bits per heavy atom. The topological polar surface area (TPSA) is 102 Å². The largest absolute Gasteiger partial charge is 0.270 e. The third-order valence-electron chi connectivity index (χ3n) is 4.31. The molecule has 1 aromatic rings. The minimum absolute atomic E-state index is 0.0658. The van der Waals surface area contributed by atoms with E-state index in [0.29, 0.717) is 17.3 Å². The van der Waals surface area contributed by atoms with Crippen molar-refractivity contribution in [2.75, 3.05) is 0 Å². The molecule has 1 fully saturated rings. The van der Waals surface area contributed by atoms with Crippen LogP contribution >= 0.6 is 0 Å². The van der Waals surface area contributed by atoms with Gasteiger partial charge in [-0.3, -0.25) is 19.8 Å². The Labute approximate surface area is 128 Å². The lowest BCUT2D eigenvalue weighted by Gasteiger charge is -2.25. The van der Waals surface area contributed by atoms with Crippen LogP contribution in [0.4, 0.5) is 5.69 Å². The Balaban J connectivity index is 2.03. The molecule has 2 unspecified atom stereocenters. The molecule has 0 spiro atoms. The minimum atomic E-state index is -3.76. The zero-order chi connectivity index (χ0) is 15.9. The second-order valence-corrected chi connectivity index (χ2v) is 7.50. The number of hydrogen-bond acceptors (Lipinski definition) is 5. The number of nitro benzene ring substituents is 1. The zero-order valence-corrected chi connectivity index (χ0v) is 13.0. The predicted molar refractivity (Wildman–Crippen MR) is 81.4 cm³/mol. The van der Waals surface area contributed by atoms with E-state index in [2.05, 4.69) is 16.6 Å². The second-order valence-electron chi connectivity index (χ2n) is 5.85. The van der Waals surface area contributed by atoms with Crippen LogP contribution in [0.2, 0.25) is 0 Å². The van der Waals surface area contributed by atoms with Crippen LogP contribution in [-0.2, 0) is 10.0 Å². The first kappa shape index (κ1) is 15.0. The predicted octanol–water partition coefficient (Wildman–Crippen LogP) is 2.21. The highest BCUT2D eigenvalue weighted by molar-refractivity contribution is 7.90. The van der Waals surface area contributed by atoms with Gasteiger partial charge in [-0.05, 0) is 24.8 Å². The van der Waals surface area contributed by atoms with Gasteiger partial charge >= 0.3 is 0 Å². The molecule has 22 heavy (non-hydrogen) atoms. The SMILES string of the molecule is CC1CCCCC1N=C1NS(=O)(=O)c2cc([N+](=O)[O-])ccc21. The molecule has 1 N–H and O–H groups in total. The van der Waals surface area contributed by atoms with Gasteiger partial charge in [-0.15, -0.1) is 0 Å². The number of benzene rings is 1. The fourth-order valence-corrected chi connectivity index (χ4v) is 4.29. The molecule has 0 saturated heterocycles. The summed E-state index contributed by atoms with van der Waals surface area (Å²) in [7, 11) is -3.76. The molecule has 1 aliphatic carbocycles. The van der Waals surface area contributed by atoms with Crippen molar-refractivity contribution in [3.8, 4) is 0 Å². The van der Waals surface area contributed by atoms with Crippen LogP contribution in [-0.4, -0.2) is 25.2 Å².